The van der Waals surface area contributed by atoms with Crippen molar-refractivity contribution in [3.63, 3.8) is 0 Å². The predicted octanol–water partition coefficient (Wildman–Crippen LogP) is 3.99. The van der Waals surface area contributed by atoms with Crippen LogP contribution in [0.4, 0.5) is 0 Å². The molecular weight excluding hydrogens is 394 g/mol. The summed E-state index contributed by atoms with van der Waals surface area (Å²) in [6, 6.07) is 24.0. The van der Waals surface area contributed by atoms with Crippen LogP contribution in [0.5, 0.6) is 0 Å². The number of ether oxygens (including phenoxy) is 1. The molecule has 0 aliphatic heterocycles. The van der Waals surface area contributed by atoms with Crippen molar-refractivity contribution in [2.75, 3.05) is 0 Å². The molecule has 2 aromatic carbocycles. The van der Waals surface area contributed by atoms with Gasteiger partial charge in [-0.2, -0.15) is 5.10 Å². The molecule has 1 atom stereocenters. The second-order valence-electron chi connectivity index (χ2n) is 6.87. The van der Waals surface area contributed by atoms with Gasteiger partial charge in [-0.25, -0.2) is 9.48 Å². The summed E-state index contributed by atoms with van der Waals surface area (Å²) in [5.41, 5.74) is 2.45. The van der Waals surface area contributed by atoms with Gasteiger partial charge < -0.3 is 14.5 Å². The molecule has 0 aliphatic carbocycles. The Bertz CT molecular complexity index is 1150. The first kappa shape index (κ1) is 20.2. The van der Waals surface area contributed by atoms with Crippen molar-refractivity contribution in [1.29, 1.82) is 0 Å². The normalized spacial score (nSPS) is 11.6. The van der Waals surface area contributed by atoms with Crippen molar-refractivity contribution in [2.24, 2.45) is 0 Å². The zero-order valence-corrected chi connectivity index (χ0v) is 16.9. The van der Waals surface area contributed by atoms with Crippen LogP contribution in [0.15, 0.2) is 89.5 Å². The standard InChI is InChI=1S/C24H21N3O4/c1-17(23(28)25-16-20-13-8-14-30-20)31-24(29)22-15-21(18-9-4-2-5-10-18)26-27(22)19-11-6-3-7-12-19/h2-15,17H,16H2,1H3,(H,25,28)/t17-/m1/s1. The number of amides is 1. The van der Waals surface area contributed by atoms with Crippen LogP contribution in [0, 0.1) is 0 Å². The first-order valence-corrected chi connectivity index (χ1v) is 9.84. The molecule has 0 saturated carbocycles. The van der Waals surface area contributed by atoms with E-state index in [0.717, 1.165) is 5.56 Å². The molecule has 0 aliphatic rings. The lowest BCUT2D eigenvalue weighted by molar-refractivity contribution is -0.129. The zero-order valence-electron chi connectivity index (χ0n) is 16.9. The van der Waals surface area contributed by atoms with E-state index in [2.05, 4.69) is 10.4 Å². The molecule has 0 bridgehead atoms. The van der Waals surface area contributed by atoms with Crippen LogP contribution >= 0.6 is 0 Å². The van der Waals surface area contributed by atoms with Gasteiger partial charge >= 0.3 is 5.97 Å². The third-order valence-electron chi connectivity index (χ3n) is 4.66. The maximum Gasteiger partial charge on any atom is 0.357 e. The van der Waals surface area contributed by atoms with Gasteiger partial charge in [-0.1, -0.05) is 48.5 Å². The maximum absolute atomic E-state index is 12.9. The lowest BCUT2D eigenvalue weighted by atomic mass is 10.1. The number of carbonyl (C=O) groups is 2. The molecule has 2 aromatic heterocycles. The number of hydrogen-bond donors (Lipinski definition) is 1. The van der Waals surface area contributed by atoms with E-state index in [4.69, 9.17) is 9.15 Å². The molecule has 0 saturated heterocycles. The molecule has 0 spiro atoms. The lowest BCUT2D eigenvalue weighted by Gasteiger charge is -2.13. The highest BCUT2D eigenvalue weighted by Gasteiger charge is 2.24. The second kappa shape index (κ2) is 9.13. The summed E-state index contributed by atoms with van der Waals surface area (Å²) in [4.78, 5) is 25.3. The van der Waals surface area contributed by atoms with Gasteiger partial charge in [0, 0.05) is 5.56 Å². The second-order valence-corrected chi connectivity index (χ2v) is 6.87. The third kappa shape index (κ3) is 4.72. The van der Waals surface area contributed by atoms with Crippen molar-refractivity contribution < 1.29 is 18.7 Å². The van der Waals surface area contributed by atoms with Gasteiger partial charge in [0.25, 0.3) is 5.91 Å². The van der Waals surface area contributed by atoms with Gasteiger partial charge in [-0.3, -0.25) is 4.79 Å². The molecule has 0 radical (unpaired) electrons. The summed E-state index contributed by atoms with van der Waals surface area (Å²) in [5, 5.41) is 7.28. The van der Waals surface area contributed by atoms with Crippen LogP contribution in [0.3, 0.4) is 0 Å². The Hall–Kier alpha value is -4.13. The van der Waals surface area contributed by atoms with Crippen molar-refractivity contribution in [1.82, 2.24) is 15.1 Å². The first-order valence-electron chi connectivity index (χ1n) is 9.84. The van der Waals surface area contributed by atoms with Crippen LogP contribution in [-0.2, 0) is 16.1 Å². The molecule has 1 N–H and O–H groups in total. The fourth-order valence-electron chi connectivity index (χ4n) is 3.05. The summed E-state index contributed by atoms with van der Waals surface area (Å²) in [5.74, 6) is -0.445. The van der Waals surface area contributed by atoms with E-state index in [0.29, 0.717) is 17.1 Å². The molecule has 7 nitrogen and oxygen atoms in total. The monoisotopic (exact) mass is 415 g/mol. The van der Waals surface area contributed by atoms with Crippen LogP contribution in [-0.4, -0.2) is 27.8 Å². The van der Waals surface area contributed by atoms with Gasteiger partial charge in [-0.05, 0) is 37.3 Å². The predicted molar refractivity (Wildman–Crippen MR) is 114 cm³/mol. The van der Waals surface area contributed by atoms with Crippen LogP contribution < -0.4 is 5.32 Å². The zero-order chi connectivity index (χ0) is 21.6. The molecule has 4 rings (SSSR count). The number of benzene rings is 2. The Morgan fingerprint density at radius 1 is 1.03 bits per heavy atom. The number of para-hydroxylation sites is 1. The smallest absolute Gasteiger partial charge is 0.357 e. The Morgan fingerprint density at radius 2 is 1.74 bits per heavy atom. The number of furan rings is 1. The topological polar surface area (TPSA) is 86.4 Å². The highest BCUT2D eigenvalue weighted by Crippen LogP contribution is 2.22. The summed E-state index contributed by atoms with van der Waals surface area (Å²) in [7, 11) is 0. The van der Waals surface area contributed by atoms with Gasteiger partial charge in [0.1, 0.15) is 5.76 Å². The summed E-state index contributed by atoms with van der Waals surface area (Å²) in [6.07, 6.45) is 0.543. The van der Waals surface area contributed by atoms with Crippen molar-refractivity contribution in [3.05, 3.63) is 96.6 Å². The van der Waals surface area contributed by atoms with Crippen molar-refractivity contribution in [2.45, 2.75) is 19.6 Å². The fraction of sp³-hybridized carbons (Fsp3) is 0.125. The molecule has 7 heteroatoms. The summed E-state index contributed by atoms with van der Waals surface area (Å²) < 4.78 is 12.2. The molecule has 31 heavy (non-hydrogen) atoms. The van der Waals surface area contributed by atoms with E-state index in [1.54, 1.807) is 18.2 Å². The number of aromatic nitrogens is 2. The lowest BCUT2D eigenvalue weighted by Crippen LogP contribution is -2.35. The maximum atomic E-state index is 12.9. The molecular formula is C24H21N3O4. The van der Waals surface area contributed by atoms with E-state index >= 15 is 0 Å². The minimum absolute atomic E-state index is 0.216. The van der Waals surface area contributed by atoms with Crippen LogP contribution in [0.25, 0.3) is 16.9 Å². The average Bonchev–Trinajstić information content (AvgIpc) is 3.49. The molecule has 0 unspecified atom stereocenters. The largest absolute Gasteiger partial charge is 0.467 e. The molecule has 0 fully saturated rings. The summed E-state index contributed by atoms with van der Waals surface area (Å²) >= 11 is 0. The highest BCUT2D eigenvalue weighted by atomic mass is 16.5. The van der Waals surface area contributed by atoms with Crippen molar-refractivity contribution >= 4 is 11.9 Å². The number of hydrogen-bond acceptors (Lipinski definition) is 5. The number of esters is 1. The Labute approximate surface area is 179 Å². The molecule has 1 amide bonds. The SMILES string of the molecule is C[C@@H](OC(=O)c1cc(-c2ccccc2)nn1-c1ccccc1)C(=O)NCc1ccco1. The van der Waals surface area contributed by atoms with Gasteiger partial charge in [0.15, 0.2) is 11.8 Å². The fourth-order valence-corrected chi connectivity index (χ4v) is 3.05. The van der Waals surface area contributed by atoms with Gasteiger partial charge in [0.05, 0.1) is 24.2 Å². The van der Waals surface area contributed by atoms with Gasteiger partial charge in [0.2, 0.25) is 0 Å². The van der Waals surface area contributed by atoms with Crippen LogP contribution in [0.1, 0.15) is 23.2 Å². The average molecular weight is 415 g/mol. The Kier molecular flexibility index (Phi) is 5.93. The minimum atomic E-state index is -0.984. The third-order valence-corrected chi connectivity index (χ3v) is 4.66. The van der Waals surface area contributed by atoms with E-state index in [1.807, 2.05) is 60.7 Å². The summed E-state index contributed by atoms with van der Waals surface area (Å²) in [6.45, 7) is 1.74. The number of carbonyl (C=O) groups excluding carboxylic acids is 2. The van der Waals surface area contributed by atoms with Gasteiger partial charge in [-0.15, -0.1) is 0 Å². The minimum Gasteiger partial charge on any atom is -0.467 e. The van der Waals surface area contributed by atoms with E-state index in [9.17, 15) is 9.59 Å². The first-order chi connectivity index (χ1) is 15.1. The van der Waals surface area contributed by atoms with Crippen LogP contribution in [0.2, 0.25) is 0 Å². The Balaban J connectivity index is 1.55. The van der Waals surface area contributed by atoms with E-state index in [-0.39, 0.29) is 12.2 Å². The quantitative estimate of drug-likeness (QED) is 0.461. The van der Waals surface area contributed by atoms with E-state index in [1.165, 1.54) is 17.9 Å². The number of nitrogens with zero attached hydrogens (tertiary/aromatic N) is 2. The van der Waals surface area contributed by atoms with E-state index < -0.39 is 18.0 Å². The van der Waals surface area contributed by atoms with Crippen molar-refractivity contribution in [3.8, 4) is 16.9 Å². The highest BCUT2D eigenvalue weighted by molar-refractivity contribution is 5.92. The molecule has 2 heterocycles. The number of nitrogens with one attached hydrogen (secondary N) is 1. The molecule has 156 valence electrons. The molecule has 4 aromatic rings. The number of rotatable bonds is 7. The Morgan fingerprint density at radius 3 is 2.42 bits per heavy atom.